The molecule has 2 bridgehead atoms. The molecule has 1 aromatic carbocycles. The molecule has 3 heterocycles. The third kappa shape index (κ3) is 4.01. The van der Waals surface area contributed by atoms with E-state index in [1.54, 1.807) is 4.90 Å². The van der Waals surface area contributed by atoms with Gasteiger partial charge in [-0.3, -0.25) is 0 Å². The fourth-order valence-corrected chi connectivity index (χ4v) is 4.57. The number of thiocarbonyl (C=S) groups is 1. The smallest absolute Gasteiger partial charge is 0.170 e. The lowest BCUT2D eigenvalue weighted by atomic mass is 9.74. The lowest BCUT2D eigenvalue weighted by Gasteiger charge is -2.46. The first-order chi connectivity index (χ1) is 11.6. The molecule has 1 aromatic rings. The van der Waals surface area contributed by atoms with Crippen LogP contribution in [-0.2, 0) is 0 Å². The summed E-state index contributed by atoms with van der Waals surface area (Å²) >= 11 is 5.48. The average molecular weight is 348 g/mol. The number of nitrogens with zero attached hydrogens (tertiary/aromatic N) is 1. The predicted octanol–water partition coefficient (Wildman–Crippen LogP) is 1.74. The molecule has 5 heteroatoms. The number of rotatable bonds is 5. The SMILES string of the molecule is CC[C@H]1C[NH+]2CC[C@H]1C[C@@H]2CNC(=S)Nc1ccc(N(C)C)cc1. The van der Waals surface area contributed by atoms with Gasteiger partial charge in [-0.1, -0.05) is 6.92 Å². The number of piperidine rings is 3. The second-order valence-electron chi connectivity index (χ2n) is 7.54. The largest absolute Gasteiger partial charge is 0.378 e. The van der Waals surface area contributed by atoms with Crippen molar-refractivity contribution in [3.63, 3.8) is 0 Å². The van der Waals surface area contributed by atoms with Crippen molar-refractivity contribution in [1.29, 1.82) is 0 Å². The van der Waals surface area contributed by atoms with E-state index in [-0.39, 0.29) is 0 Å². The molecule has 4 atom stereocenters. The molecular weight excluding hydrogens is 316 g/mol. The van der Waals surface area contributed by atoms with E-state index in [0.717, 1.165) is 35.2 Å². The van der Waals surface area contributed by atoms with Gasteiger partial charge in [0.15, 0.2) is 5.11 Å². The van der Waals surface area contributed by atoms with Crippen molar-refractivity contribution >= 4 is 28.7 Å². The average Bonchev–Trinajstić information content (AvgIpc) is 2.60. The highest BCUT2D eigenvalue weighted by atomic mass is 32.1. The van der Waals surface area contributed by atoms with Crippen LogP contribution in [0, 0.1) is 11.8 Å². The second kappa shape index (κ2) is 7.70. The Morgan fingerprint density at radius 3 is 2.62 bits per heavy atom. The van der Waals surface area contributed by atoms with Crippen molar-refractivity contribution in [1.82, 2.24) is 5.32 Å². The second-order valence-corrected chi connectivity index (χ2v) is 7.95. The topological polar surface area (TPSA) is 31.7 Å². The normalized spacial score (nSPS) is 28.5. The summed E-state index contributed by atoms with van der Waals surface area (Å²) < 4.78 is 0. The maximum absolute atomic E-state index is 5.48. The zero-order valence-corrected chi connectivity index (χ0v) is 16.0. The lowest BCUT2D eigenvalue weighted by Crippen LogP contribution is -3.20. The Labute approximate surface area is 151 Å². The molecule has 0 spiro atoms. The van der Waals surface area contributed by atoms with E-state index in [9.17, 15) is 0 Å². The zero-order valence-electron chi connectivity index (χ0n) is 15.1. The van der Waals surface area contributed by atoms with Crippen LogP contribution in [0.4, 0.5) is 11.4 Å². The summed E-state index contributed by atoms with van der Waals surface area (Å²) in [5.41, 5.74) is 2.24. The molecule has 4 nitrogen and oxygen atoms in total. The van der Waals surface area contributed by atoms with E-state index in [1.807, 2.05) is 14.1 Å². The maximum atomic E-state index is 5.48. The Bertz CT molecular complexity index is 557. The first-order valence-electron chi connectivity index (χ1n) is 9.23. The molecular formula is C19H31N4S+. The molecule has 24 heavy (non-hydrogen) atoms. The summed E-state index contributed by atoms with van der Waals surface area (Å²) in [7, 11) is 4.10. The third-order valence-electron chi connectivity index (χ3n) is 5.87. The van der Waals surface area contributed by atoms with Gasteiger partial charge in [-0.05, 0) is 48.8 Å². The van der Waals surface area contributed by atoms with Crippen LogP contribution in [-0.4, -0.2) is 44.9 Å². The molecule has 0 amide bonds. The van der Waals surface area contributed by atoms with Crippen molar-refractivity contribution in [2.75, 3.05) is 43.9 Å². The molecule has 3 aliphatic rings. The standard InChI is InChI=1S/C19H30N4S/c1-4-14-13-23-10-9-15(14)11-18(23)12-20-19(24)21-16-5-7-17(8-6-16)22(2)3/h5-8,14-15,18H,4,9-13H2,1-3H3,(H2,20,21,24)/p+1/t14-,15-,18+/m0/s1. The molecule has 0 aliphatic carbocycles. The number of nitrogens with one attached hydrogen (secondary N) is 3. The van der Waals surface area contributed by atoms with Gasteiger partial charge in [0.2, 0.25) is 0 Å². The predicted molar refractivity (Wildman–Crippen MR) is 106 cm³/mol. The summed E-state index contributed by atoms with van der Waals surface area (Å²) in [5, 5.41) is 7.49. The van der Waals surface area contributed by atoms with E-state index < -0.39 is 0 Å². The Morgan fingerprint density at radius 2 is 2.04 bits per heavy atom. The van der Waals surface area contributed by atoms with E-state index in [4.69, 9.17) is 12.2 Å². The van der Waals surface area contributed by atoms with Crippen LogP contribution in [0.1, 0.15) is 26.2 Å². The zero-order chi connectivity index (χ0) is 17.1. The summed E-state index contributed by atoms with van der Waals surface area (Å²) in [6.07, 6.45) is 4.13. The maximum Gasteiger partial charge on any atom is 0.170 e. The molecule has 0 aromatic heterocycles. The minimum atomic E-state index is 0.724. The highest BCUT2D eigenvalue weighted by Crippen LogP contribution is 2.28. The highest BCUT2D eigenvalue weighted by Gasteiger charge is 2.42. The van der Waals surface area contributed by atoms with Gasteiger partial charge in [-0.25, -0.2) is 0 Å². The fourth-order valence-electron chi connectivity index (χ4n) is 4.36. The Kier molecular flexibility index (Phi) is 5.61. The molecule has 3 fully saturated rings. The summed E-state index contributed by atoms with van der Waals surface area (Å²) in [6.45, 7) is 6.04. The van der Waals surface area contributed by atoms with Gasteiger partial charge in [0, 0.05) is 44.2 Å². The molecule has 0 saturated carbocycles. The molecule has 0 radical (unpaired) electrons. The molecule has 1 unspecified atom stereocenters. The van der Waals surface area contributed by atoms with Crippen molar-refractivity contribution < 1.29 is 4.90 Å². The van der Waals surface area contributed by atoms with Gasteiger partial charge < -0.3 is 20.4 Å². The summed E-state index contributed by atoms with van der Waals surface area (Å²) in [5.74, 6) is 1.89. The number of hydrogen-bond donors (Lipinski definition) is 3. The van der Waals surface area contributed by atoms with Gasteiger partial charge >= 0.3 is 0 Å². The van der Waals surface area contributed by atoms with E-state index in [2.05, 4.69) is 46.7 Å². The van der Waals surface area contributed by atoms with Gasteiger partial charge in [-0.2, -0.15) is 0 Å². The van der Waals surface area contributed by atoms with Crippen LogP contribution in [0.5, 0.6) is 0 Å². The van der Waals surface area contributed by atoms with Crippen LogP contribution in [0.3, 0.4) is 0 Å². The molecule has 132 valence electrons. The van der Waals surface area contributed by atoms with Gasteiger partial charge in [0.25, 0.3) is 0 Å². The number of quaternary nitrogens is 1. The monoisotopic (exact) mass is 347 g/mol. The van der Waals surface area contributed by atoms with Crippen LogP contribution < -0.4 is 20.4 Å². The quantitative estimate of drug-likeness (QED) is 0.709. The minimum absolute atomic E-state index is 0.724. The number of benzene rings is 1. The molecule has 4 rings (SSSR count). The Hall–Kier alpha value is -1.33. The highest BCUT2D eigenvalue weighted by molar-refractivity contribution is 7.80. The first kappa shape index (κ1) is 17.5. The number of hydrogen-bond acceptors (Lipinski definition) is 2. The fraction of sp³-hybridized carbons (Fsp3) is 0.632. The number of anilines is 2. The van der Waals surface area contributed by atoms with Crippen molar-refractivity contribution in [2.24, 2.45) is 11.8 Å². The van der Waals surface area contributed by atoms with E-state index in [0.29, 0.717) is 0 Å². The van der Waals surface area contributed by atoms with Gasteiger partial charge in [-0.15, -0.1) is 0 Å². The number of fused-ring (bicyclic) bond motifs is 3. The molecule has 3 saturated heterocycles. The first-order valence-corrected chi connectivity index (χ1v) is 9.64. The van der Waals surface area contributed by atoms with Crippen molar-refractivity contribution in [3.8, 4) is 0 Å². The van der Waals surface area contributed by atoms with Gasteiger partial charge in [0.05, 0.1) is 19.6 Å². The van der Waals surface area contributed by atoms with E-state index >= 15 is 0 Å². The van der Waals surface area contributed by atoms with Crippen molar-refractivity contribution in [3.05, 3.63) is 24.3 Å². The third-order valence-corrected chi connectivity index (χ3v) is 6.11. The molecule has 3 aliphatic heterocycles. The summed E-state index contributed by atoms with van der Waals surface area (Å²) in [4.78, 5) is 3.88. The molecule has 3 N–H and O–H groups in total. The van der Waals surface area contributed by atoms with E-state index in [1.165, 1.54) is 38.0 Å². The van der Waals surface area contributed by atoms with Crippen LogP contribution in [0.25, 0.3) is 0 Å². The van der Waals surface area contributed by atoms with Crippen LogP contribution in [0.15, 0.2) is 24.3 Å². The van der Waals surface area contributed by atoms with Gasteiger partial charge in [0.1, 0.15) is 6.04 Å². The van der Waals surface area contributed by atoms with Crippen LogP contribution >= 0.6 is 12.2 Å². The lowest BCUT2D eigenvalue weighted by molar-refractivity contribution is -0.945. The Morgan fingerprint density at radius 1 is 1.29 bits per heavy atom. The van der Waals surface area contributed by atoms with Crippen molar-refractivity contribution in [2.45, 2.75) is 32.2 Å². The summed E-state index contributed by atoms with van der Waals surface area (Å²) in [6, 6.07) is 9.08. The minimum Gasteiger partial charge on any atom is -0.378 e. The van der Waals surface area contributed by atoms with Crippen LogP contribution in [0.2, 0.25) is 0 Å². The Balaban J connectivity index is 1.46.